The minimum atomic E-state index is -3.41. The van der Waals surface area contributed by atoms with E-state index in [0.717, 1.165) is 24.3 Å². The average Bonchev–Trinajstić information content (AvgIpc) is 3.48. The number of ether oxygens (including phenoxy) is 6. The van der Waals surface area contributed by atoms with Gasteiger partial charge in [-0.3, -0.25) is 0 Å². The van der Waals surface area contributed by atoms with Gasteiger partial charge in [-0.05, 0) is 59.5 Å². The van der Waals surface area contributed by atoms with E-state index >= 15 is 8.78 Å². The molecule has 5 aromatic rings. The molecule has 4 bridgehead atoms. The molecular formula is C41H44F2N4O7. The van der Waals surface area contributed by atoms with Crippen molar-refractivity contribution in [1.29, 1.82) is 5.26 Å². The zero-order valence-corrected chi connectivity index (χ0v) is 31.1. The number of rotatable bonds is 7. The Kier molecular flexibility index (Phi) is 13.7. The lowest BCUT2D eigenvalue weighted by molar-refractivity contribution is -0.0883. The first kappa shape index (κ1) is 39.8. The largest absolute Gasteiger partial charge is 0.489 e. The minimum Gasteiger partial charge on any atom is -0.489 e. The maximum atomic E-state index is 15.7. The van der Waals surface area contributed by atoms with E-state index in [2.05, 4.69) is 4.98 Å². The highest BCUT2D eigenvalue weighted by molar-refractivity contribution is 5.96. The van der Waals surface area contributed by atoms with Crippen molar-refractivity contribution in [3.8, 4) is 29.0 Å². The third-order valence-corrected chi connectivity index (χ3v) is 8.71. The molecule has 2 aliphatic heterocycles. The van der Waals surface area contributed by atoms with Crippen molar-refractivity contribution < 1.29 is 42.0 Å². The summed E-state index contributed by atoms with van der Waals surface area (Å²) in [6, 6.07) is 20.3. The number of halogens is 2. The Hall–Kier alpha value is -5.42. The summed E-state index contributed by atoms with van der Waals surface area (Å²) in [5, 5.41) is 9.38. The molecule has 0 amide bonds. The minimum absolute atomic E-state index is 0.109. The lowest BCUT2D eigenvalue weighted by atomic mass is 9.98. The molecule has 1 fully saturated rings. The van der Waals surface area contributed by atoms with Crippen molar-refractivity contribution in [2.45, 2.75) is 45.8 Å². The van der Waals surface area contributed by atoms with Crippen LogP contribution in [-0.4, -0.2) is 67.8 Å². The summed E-state index contributed by atoms with van der Waals surface area (Å²) in [4.78, 5) is 21.9. The van der Waals surface area contributed by atoms with E-state index in [1.165, 1.54) is 31.7 Å². The molecule has 4 heterocycles. The van der Waals surface area contributed by atoms with Gasteiger partial charge in [0.1, 0.15) is 36.9 Å². The number of benzene rings is 3. The maximum Gasteiger partial charge on any atom is 0.338 e. The first-order chi connectivity index (χ1) is 26.2. The quantitative estimate of drug-likeness (QED) is 0.122. The molecule has 54 heavy (non-hydrogen) atoms. The second-order valence-corrected chi connectivity index (χ2v) is 12.2. The van der Waals surface area contributed by atoms with Gasteiger partial charge >= 0.3 is 5.97 Å². The Morgan fingerprint density at radius 2 is 1.74 bits per heavy atom. The van der Waals surface area contributed by atoms with Gasteiger partial charge in [0.25, 0.3) is 5.92 Å². The fraction of sp³-hybridized carbons (Fsp3) is 0.366. The number of fused-ring (bicyclic) bond motifs is 7. The van der Waals surface area contributed by atoms with Gasteiger partial charge in [-0.2, -0.15) is 14.0 Å². The third kappa shape index (κ3) is 9.38. The number of carbonyl (C=O) groups excluding carboxylic acids is 1. The van der Waals surface area contributed by atoms with Crippen LogP contribution in [0.2, 0.25) is 0 Å². The lowest BCUT2D eigenvalue weighted by Gasteiger charge is -2.22. The summed E-state index contributed by atoms with van der Waals surface area (Å²) in [5.74, 6) is -2.60. The normalized spacial score (nSPS) is 14.3. The van der Waals surface area contributed by atoms with Crippen LogP contribution in [0.25, 0.3) is 22.3 Å². The number of imidazole rings is 1. The molecule has 0 aliphatic carbocycles. The number of esters is 1. The molecule has 0 spiro atoms. The number of hydrogen-bond acceptors (Lipinski definition) is 10. The zero-order valence-electron chi connectivity index (χ0n) is 31.1. The van der Waals surface area contributed by atoms with Gasteiger partial charge in [0.05, 0.1) is 48.7 Å². The van der Waals surface area contributed by atoms with E-state index < -0.39 is 18.5 Å². The molecule has 0 saturated carbocycles. The van der Waals surface area contributed by atoms with Gasteiger partial charge in [-0.25, -0.2) is 14.8 Å². The summed E-state index contributed by atoms with van der Waals surface area (Å²) in [6.45, 7) is 5.40. The second-order valence-electron chi connectivity index (χ2n) is 12.2. The van der Waals surface area contributed by atoms with Crippen LogP contribution in [0.15, 0.2) is 66.7 Å². The van der Waals surface area contributed by atoms with Gasteiger partial charge in [0.15, 0.2) is 0 Å². The molecule has 1 saturated heterocycles. The second kappa shape index (κ2) is 18.6. The first-order valence-corrected chi connectivity index (χ1v) is 17.7. The van der Waals surface area contributed by atoms with Crippen LogP contribution >= 0.6 is 0 Å². The molecule has 0 atom stereocenters. The van der Waals surface area contributed by atoms with Gasteiger partial charge in [-0.1, -0.05) is 38.1 Å². The van der Waals surface area contributed by atoms with Gasteiger partial charge in [0, 0.05) is 51.0 Å². The highest BCUT2D eigenvalue weighted by Gasteiger charge is 2.35. The predicted molar refractivity (Wildman–Crippen MR) is 198 cm³/mol. The van der Waals surface area contributed by atoms with E-state index in [9.17, 15) is 10.1 Å². The zero-order chi connectivity index (χ0) is 38.7. The highest BCUT2D eigenvalue weighted by atomic mass is 19.3. The fourth-order valence-corrected chi connectivity index (χ4v) is 5.74. The number of nitrogens with zero attached hydrogens (tertiary/aromatic N) is 4. The van der Waals surface area contributed by atoms with Crippen molar-refractivity contribution in [3.63, 3.8) is 0 Å². The number of carbonyl (C=O) groups is 1. The van der Waals surface area contributed by atoms with Crippen LogP contribution in [0, 0.1) is 11.3 Å². The number of hydrogen-bond donors (Lipinski definition) is 0. The van der Waals surface area contributed by atoms with E-state index in [-0.39, 0.29) is 42.4 Å². The SMILES string of the molecule is C1COC1.CC.COCCOc1cc(C(=O)OC)cc2c1nc(Cc1ccc3cc1COCC(F)(F)c1cc(C#N)ccc1COc1cccc-3n1)n2C. The van der Waals surface area contributed by atoms with Crippen LogP contribution < -0.4 is 9.47 Å². The van der Waals surface area contributed by atoms with E-state index in [4.69, 9.17) is 33.4 Å². The fourth-order valence-electron chi connectivity index (χ4n) is 5.74. The Morgan fingerprint density at radius 3 is 2.44 bits per heavy atom. The topological polar surface area (TPSA) is 127 Å². The van der Waals surface area contributed by atoms with Crippen molar-refractivity contribution in [1.82, 2.24) is 14.5 Å². The van der Waals surface area contributed by atoms with Gasteiger partial charge < -0.3 is 33.0 Å². The molecule has 2 aromatic heterocycles. The Bertz CT molecular complexity index is 2100. The Labute approximate surface area is 313 Å². The first-order valence-electron chi connectivity index (χ1n) is 17.7. The highest BCUT2D eigenvalue weighted by Crippen LogP contribution is 2.35. The molecule has 7 rings (SSSR count). The van der Waals surface area contributed by atoms with Crippen molar-refractivity contribution >= 4 is 17.0 Å². The van der Waals surface area contributed by atoms with Crippen LogP contribution in [0.4, 0.5) is 8.78 Å². The molecule has 0 radical (unpaired) electrons. The van der Waals surface area contributed by atoms with Gasteiger partial charge in [-0.15, -0.1) is 0 Å². The smallest absolute Gasteiger partial charge is 0.338 e. The molecule has 13 heteroatoms. The van der Waals surface area contributed by atoms with Crippen LogP contribution in [0.5, 0.6) is 11.6 Å². The van der Waals surface area contributed by atoms with Crippen molar-refractivity contribution in [2.75, 3.05) is 47.3 Å². The summed E-state index contributed by atoms with van der Waals surface area (Å²) in [5.41, 5.74) is 4.37. The standard InChI is InChI=1S/C36H32F2N4O6.C3H6O.C2H6/c1-42-30-15-26(35(43)45-3)16-31(47-12-11-44-2)34(30)41-32(42)17-23-9-10-24-14-27(23)19-46-21-36(37,38)28-13-22(18-39)7-8-25(28)20-48-33-6-4-5-29(24)40-33;1-2-4-3-1;1-2/h4-10,13-16H,11-12,17,19-21H2,1-3H3;1-3H2;1-2H3. The summed E-state index contributed by atoms with van der Waals surface area (Å²) >= 11 is 0. The summed E-state index contributed by atoms with van der Waals surface area (Å²) < 4.78 is 65.5. The van der Waals surface area contributed by atoms with E-state index in [0.29, 0.717) is 52.5 Å². The molecule has 3 aromatic carbocycles. The number of aryl methyl sites for hydroxylation is 1. The van der Waals surface area contributed by atoms with Crippen LogP contribution in [-0.2, 0) is 51.6 Å². The van der Waals surface area contributed by atoms with Gasteiger partial charge in [0.2, 0.25) is 5.88 Å². The maximum absolute atomic E-state index is 15.7. The lowest BCUT2D eigenvalue weighted by Crippen LogP contribution is -2.24. The summed E-state index contributed by atoms with van der Waals surface area (Å²) in [7, 11) is 4.70. The molecule has 2 aliphatic rings. The predicted octanol–water partition coefficient (Wildman–Crippen LogP) is 7.54. The molecule has 0 unspecified atom stereocenters. The van der Waals surface area contributed by atoms with Crippen molar-refractivity contribution in [2.24, 2.45) is 7.05 Å². The number of nitriles is 1. The average molecular weight is 743 g/mol. The molecule has 0 N–H and O–H groups in total. The number of pyridine rings is 1. The molecular weight excluding hydrogens is 698 g/mol. The number of methoxy groups -OCH3 is 2. The van der Waals surface area contributed by atoms with Crippen LogP contribution in [0.3, 0.4) is 0 Å². The van der Waals surface area contributed by atoms with E-state index in [1.54, 1.807) is 31.4 Å². The van der Waals surface area contributed by atoms with E-state index in [1.807, 2.05) is 55.8 Å². The monoisotopic (exact) mass is 742 g/mol. The van der Waals surface area contributed by atoms with Crippen molar-refractivity contribution in [3.05, 3.63) is 106 Å². The Balaban J connectivity index is 0.000000863. The Morgan fingerprint density at radius 1 is 0.963 bits per heavy atom. The molecule has 11 nitrogen and oxygen atoms in total. The summed E-state index contributed by atoms with van der Waals surface area (Å²) in [6.07, 6.45) is 1.59. The number of alkyl halides is 2. The third-order valence-electron chi connectivity index (χ3n) is 8.71. The number of aromatic nitrogens is 3. The van der Waals surface area contributed by atoms with Crippen LogP contribution in [0.1, 0.15) is 64.3 Å². The molecule has 284 valence electrons.